The third-order valence-electron chi connectivity index (χ3n) is 3.22. The van der Waals surface area contributed by atoms with Crippen molar-refractivity contribution < 1.29 is 14.3 Å². The van der Waals surface area contributed by atoms with Crippen molar-refractivity contribution in [3.05, 3.63) is 28.8 Å². The molecule has 20 heavy (non-hydrogen) atoms. The van der Waals surface area contributed by atoms with Gasteiger partial charge >= 0.3 is 6.09 Å². The van der Waals surface area contributed by atoms with Gasteiger partial charge in [-0.15, -0.1) is 0 Å². The summed E-state index contributed by atoms with van der Waals surface area (Å²) in [5.41, 5.74) is 6.54. The second-order valence-corrected chi connectivity index (χ2v) is 4.90. The molecule has 1 saturated heterocycles. The topological polar surface area (TPSA) is 75.9 Å². The monoisotopic (exact) mass is 297 g/mol. The maximum atomic E-state index is 12.3. The molecule has 0 radical (unpaired) electrons. The molecule has 2 amide bonds. The molecule has 0 aromatic heterocycles. The van der Waals surface area contributed by atoms with Gasteiger partial charge in [0.2, 0.25) is 0 Å². The first-order chi connectivity index (χ1) is 9.52. The lowest BCUT2D eigenvalue weighted by molar-refractivity contribution is 0.0600. The van der Waals surface area contributed by atoms with E-state index in [4.69, 9.17) is 17.3 Å². The number of rotatable bonds is 1. The van der Waals surface area contributed by atoms with E-state index in [0.29, 0.717) is 42.5 Å². The van der Waals surface area contributed by atoms with Crippen LogP contribution in [0.3, 0.4) is 0 Å². The van der Waals surface area contributed by atoms with Gasteiger partial charge < -0.3 is 20.3 Å². The summed E-state index contributed by atoms with van der Waals surface area (Å²) in [7, 11) is 1.34. The first-order valence-corrected chi connectivity index (χ1v) is 6.58. The van der Waals surface area contributed by atoms with E-state index in [9.17, 15) is 9.59 Å². The summed E-state index contributed by atoms with van der Waals surface area (Å²) in [6.07, 6.45) is -0.373. The van der Waals surface area contributed by atoms with Crippen LogP contribution in [0.4, 0.5) is 10.5 Å². The number of carbonyl (C=O) groups is 2. The minimum absolute atomic E-state index is 0.153. The maximum absolute atomic E-state index is 12.3. The predicted octanol–water partition coefficient (Wildman–Crippen LogP) is 1.45. The van der Waals surface area contributed by atoms with Gasteiger partial charge in [-0.1, -0.05) is 11.6 Å². The molecule has 1 fully saturated rings. The summed E-state index contributed by atoms with van der Waals surface area (Å²) in [6.45, 7) is 1.80. The fourth-order valence-corrected chi connectivity index (χ4v) is 2.37. The number of amides is 2. The Morgan fingerprint density at radius 1 is 1.20 bits per heavy atom. The number of carbonyl (C=O) groups excluding carboxylic acids is 2. The van der Waals surface area contributed by atoms with E-state index in [1.54, 1.807) is 28.0 Å². The third kappa shape index (κ3) is 2.96. The van der Waals surface area contributed by atoms with E-state index >= 15 is 0 Å². The Labute approximate surface area is 122 Å². The lowest BCUT2D eigenvalue weighted by Crippen LogP contribution is -2.50. The summed E-state index contributed by atoms with van der Waals surface area (Å²) in [6, 6.07) is 4.82. The standard InChI is InChI=1S/C13H16ClN3O3/c1-20-13(19)17-6-4-16(5-7-17)12(18)10-3-2-9(15)8-11(10)14/h2-3,8H,4-7,15H2,1H3. The Morgan fingerprint density at radius 3 is 2.35 bits per heavy atom. The second-order valence-electron chi connectivity index (χ2n) is 4.49. The smallest absolute Gasteiger partial charge is 0.409 e. The number of hydrogen-bond acceptors (Lipinski definition) is 4. The number of anilines is 1. The van der Waals surface area contributed by atoms with Gasteiger partial charge in [0.1, 0.15) is 0 Å². The molecule has 0 bridgehead atoms. The van der Waals surface area contributed by atoms with Gasteiger partial charge in [0, 0.05) is 31.9 Å². The highest BCUT2D eigenvalue weighted by molar-refractivity contribution is 6.34. The normalized spacial score (nSPS) is 15.1. The highest BCUT2D eigenvalue weighted by Gasteiger charge is 2.26. The van der Waals surface area contributed by atoms with E-state index < -0.39 is 0 Å². The molecule has 108 valence electrons. The molecule has 0 aliphatic carbocycles. The highest BCUT2D eigenvalue weighted by atomic mass is 35.5. The lowest BCUT2D eigenvalue weighted by atomic mass is 10.1. The number of nitrogen functional groups attached to an aromatic ring is 1. The minimum atomic E-state index is -0.373. The molecule has 6 nitrogen and oxygen atoms in total. The van der Waals surface area contributed by atoms with Crippen LogP contribution in [0.1, 0.15) is 10.4 Å². The molecule has 0 saturated carbocycles. The van der Waals surface area contributed by atoms with Crippen molar-refractivity contribution in [2.24, 2.45) is 0 Å². The number of piperazine rings is 1. The van der Waals surface area contributed by atoms with Crippen LogP contribution in [0.25, 0.3) is 0 Å². The van der Waals surface area contributed by atoms with Crippen LogP contribution in [-0.4, -0.2) is 55.1 Å². The van der Waals surface area contributed by atoms with Gasteiger partial charge in [-0.2, -0.15) is 0 Å². The lowest BCUT2D eigenvalue weighted by Gasteiger charge is -2.34. The minimum Gasteiger partial charge on any atom is -0.453 e. The average Bonchev–Trinajstić information content (AvgIpc) is 2.46. The van der Waals surface area contributed by atoms with Crippen LogP contribution in [0.5, 0.6) is 0 Å². The quantitative estimate of drug-likeness (QED) is 0.796. The summed E-state index contributed by atoms with van der Waals surface area (Å²) < 4.78 is 4.65. The summed E-state index contributed by atoms with van der Waals surface area (Å²) in [5.74, 6) is -0.153. The SMILES string of the molecule is COC(=O)N1CCN(C(=O)c2ccc(N)cc2Cl)CC1. The molecule has 1 aliphatic rings. The Morgan fingerprint density at radius 2 is 1.80 bits per heavy atom. The summed E-state index contributed by atoms with van der Waals surface area (Å²) in [4.78, 5) is 26.9. The van der Waals surface area contributed by atoms with E-state index in [0.717, 1.165) is 0 Å². The summed E-state index contributed by atoms with van der Waals surface area (Å²) >= 11 is 6.03. The Balaban J connectivity index is 2.03. The molecule has 1 heterocycles. The Bertz CT molecular complexity index is 528. The van der Waals surface area contributed by atoms with Crippen molar-refractivity contribution in [3.8, 4) is 0 Å². The predicted molar refractivity (Wildman–Crippen MR) is 75.7 cm³/mol. The molecule has 0 spiro atoms. The largest absolute Gasteiger partial charge is 0.453 e. The molecule has 0 unspecified atom stereocenters. The second kappa shape index (κ2) is 6.00. The van der Waals surface area contributed by atoms with E-state index in [1.165, 1.54) is 7.11 Å². The van der Waals surface area contributed by atoms with Crippen LogP contribution in [0, 0.1) is 0 Å². The van der Waals surface area contributed by atoms with Gasteiger partial charge in [0.25, 0.3) is 5.91 Å². The van der Waals surface area contributed by atoms with Crippen LogP contribution in [0.15, 0.2) is 18.2 Å². The van der Waals surface area contributed by atoms with Gasteiger partial charge in [0.05, 0.1) is 17.7 Å². The van der Waals surface area contributed by atoms with Gasteiger partial charge in [0.15, 0.2) is 0 Å². The molecule has 7 heteroatoms. The van der Waals surface area contributed by atoms with Crippen molar-refractivity contribution >= 4 is 29.3 Å². The van der Waals surface area contributed by atoms with Crippen LogP contribution < -0.4 is 5.73 Å². The summed E-state index contributed by atoms with van der Waals surface area (Å²) in [5, 5.41) is 0.338. The number of methoxy groups -OCH3 is 1. The molecule has 1 aliphatic heterocycles. The highest BCUT2D eigenvalue weighted by Crippen LogP contribution is 2.21. The van der Waals surface area contributed by atoms with Gasteiger partial charge in [-0.05, 0) is 18.2 Å². The van der Waals surface area contributed by atoms with Crippen molar-refractivity contribution in [1.29, 1.82) is 0 Å². The zero-order chi connectivity index (χ0) is 14.7. The van der Waals surface area contributed by atoms with Gasteiger partial charge in [-0.25, -0.2) is 4.79 Å². The number of halogens is 1. The van der Waals surface area contributed by atoms with E-state index in [2.05, 4.69) is 4.74 Å². The molecular weight excluding hydrogens is 282 g/mol. The van der Waals surface area contributed by atoms with E-state index in [-0.39, 0.29) is 12.0 Å². The number of hydrogen-bond donors (Lipinski definition) is 1. The van der Waals surface area contributed by atoms with Crippen molar-refractivity contribution in [3.63, 3.8) is 0 Å². The first kappa shape index (κ1) is 14.5. The molecule has 1 aromatic rings. The fourth-order valence-electron chi connectivity index (χ4n) is 2.10. The molecular formula is C13H16ClN3O3. The maximum Gasteiger partial charge on any atom is 0.409 e. The van der Waals surface area contributed by atoms with Crippen molar-refractivity contribution in [2.75, 3.05) is 39.0 Å². The van der Waals surface area contributed by atoms with Crippen molar-refractivity contribution in [1.82, 2.24) is 9.80 Å². The van der Waals surface area contributed by atoms with Crippen molar-refractivity contribution in [2.45, 2.75) is 0 Å². The Kier molecular flexibility index (Phi) is 4.34. The first-order valence-electron chi connectivity index (χ1n) is 6.20. The van der Waals surface area contributed by atoms with Crippen LogP contribution in [0.2, 0.25) is 5.02 Å². The number of nitrogens with zero attached hydrogens (tertiary/aromatic N) is 2. The molecule has 2 N–H and O–H groups in total. The molecule has 0 atom stereocenters. The third-order valence-corrected chi connectivity index (χ3v) is 3.54. The Hall–Kier alpha value is -1.95. The molecule has 2 rings (SSSR count). The van der Waals surface area contributed by atoms with Crippen LogP contribution >= 0.6 is 11.6 Å². The number of ether oxygens (including phenoxy) is 1. The van der Waals surface area contributed by atoms with Gasteiger partial charge in [-0.3, -0.25) is 4.79 Å². The van der Waals surface area contributed by atoms with E-state index in [1.807, 2.05) is 0 Å². The zero-order valence-electron chi connectivity index (χ0n) is 11.1. The zero-order valence-corrected chi connectivity index (χ0v) is 11.9. The number of benzene rings is 1. The number of nitrogens with two attached hydrogens (primary N) is 1. The average molecular weight is 298 g/mol. The molecule has 1 aromatic carbocycles. The fraction of sp³-hybridized carbons (Fsp3) is 0.385. The van der Waals surface area contributed by atoms with Crippen LogP contribution in [-0.2, 0) is 4.74 Å².